The number of hydrogen-bond acceptors (Lipinski definition) is 3. The van der Waals surface area contributed by atoms with Crippen LogP contribution in [0.25, 0.3) is 0 Å². The standard InChI is InChI=1S/C21H27FN4O.HI/c1-15-4-7-18(8-5-15)26-11-10-17(14-26)25-21(23-2)24-13-16-6-9-20(27-3)19(22)12-16;/h4-9,12,17H,10-11,13-14H2,1-3H3,(H2,23,24,25);1H. The molecule has 1 saturated heterocycles. The average molecular weight is 498 g/mol. The van der Waals surface area contributed by atoms with E-state index in [0.717, 1.165) is 31.0 Å². The Morgan fingerprint density at radius 3 is 2.64 bits per heavy atom. The predicted octanol–water partition coefficient (Wildman–Crippen LogP) is 3.70. The first-order valence-corrected chi connectivity index (χ1v) is 9.20. The zero-order valence-corrected chi connectivity index (χ0v) is 18.9. The Bertz CT molecular complexity index is 797. The molecule has 1 unspecified atom stereocenters. The second-order valence-electron chi connectivity index (χ2n) is 6.81. The van der Waals surface area contributed by atoms with Gasteiger partial charge in [-0.2, -0.15) is 0 Å². The fraction of sp³-hybridized carbons (Fsp3) is 0.381. The molecule has 5 nitrogen and oxygen atoms in total. The van der Waals surface area contributed by atoms with E-state index in [1.807, 2.05) is 6.07 Å². The Morgan fingerprint density at radius 1 is 1.25 bits per heavy atom. The number of rotatable bonds is 5. The van der Waals surface area contributed by atoms with Crippen LogP contribution in [0, 0.1) is 12.7 Å². The van der Waals surface area contributed by atoms with Gasteiger partial charge in [-0.25, -0.2) is 4.39 Å². The van der Waals surface area contributed by atoms with Gasteiger partial charge in [0.05, 0.1) is 7.11 Å². The summed E-state index contributed by atoms with van der Waals surface area (Å²) >= 11 is 0. The van der Waals surface area contributed by atoms with Crippen LogP contribution in [0.15, 0.2) is 47.5 Å². The quantitative estimate of drug-likeness (QED) is 0.375. The van der Waals surface area contributed by atoms with Crippen molar-refractivity contribution in [3.63, 3.8) is 0 Å². The van der Waals surface area contributed by atoms with Gasteiger partial charge in [0.1, 0.15) is 0 Å². The van der Waals surface area contributed by atoms with Crippen LogP contribution in [-0.2, 0) is 6.54 Å². The van der Waals surface area contributed by atoms with Gasteiger partial charge >= 0.3 is 0 Å². The summed E-state index contributed by atoms with van der Waals surface area (Å²) in [7, 11) is 3.21. The number of anilines is 1. The van der Waals surface area contributed by atoms with Gasteiger partial charge in [0.15, 0.2) is 17.5 Å². The second kappa shape index (κ2) is 10.5. The second-order valence-corrected chi connectivity index (χ2v) is 6.81. The molecule has 2 N–H and O–H groups in total. The van der Waals surface area contributed by atoms with Crippen molar-refractivity contribution in [1.29, 1.82) is 0 Å². The highest BCUT2D eigenvalue weighted by Gasteiger charge is 2.23. The zero-order valence-electron chi connectivity index (χ0n) is 16.5. The van der Waals surface area contributed by atoms with E-state index in [4.69, 9.17) is 4.74 Å². The van der Waals surface area contributed by atoms with Crippen molar-refractivity contribution in [1.82, 2.24) is 10.6 Å². The predicted molar refractivity (Wildman–Crippen MR) is 123 cm³/mol. The van der Waals surface area contributed by atoms with Crippen LogP contribution in [0.4, 0.5) is 10.1 Å². The van der Waals surface area contributed by atoms with Gasteiger partial charge in [-0.05, 0) is 43.2 Å². The Labute approximate surface area is 183 Å². The summed E-state index contributed by atoms with van der Waals surface area (Å²) in [5.41, 5.74) is 3.36. The summed E-state index contributed by atoms with van der Waals surface area (Å²) in [4.78, 5) is 6.67. The summed E-state index contributed by atoms with van der Waals surface area (Å²) in [6.07, 6.45) is 1.05. The number of hydrogen-bond donors (Lipinski definition) is 2. The molecule has 0 radical (unpaired) electrons. The van der Waals surface area contributed by atoms with Gasteiger partial charge in [-0.15, -0.1) is 24.0 Å². The lowest BCUT2D eigenvalue weighted by Crippen LogP contribution is -2.44. The smallest absolute Gasteiger partial charge is 0.191 e. The Morgan fingerprint density at radius 2 is 2.00 bits per heavy atom. The monoisotopic (exact) mass is 498 g/mol. The highest BCUT2D eigenvalue weighted by molar-refractivity contribution is 14.0. The van der Waals surface area contributed by atoms with Crippen molar-refractivity contribution in [2.75, 3.05) is 32.1 Å². The maximum atomic E-state index is 13.8. The van der Waals surface area contributed by atoms with Crippen LogP contribution < -0.4 is 20.3 Å². The number of aliphatic imine (C=N–C) groups is 1. The first-order chi connectivity index (χ1) is 13.1. The number of ether oxygens (including phenoxy) is 1. The first kappa shape index (κ1) is 22.3. The highest BCUT2D eigenvalue weighted by atomic mass is 127. The Kier molecular flexibility index (Phi) is 8.35. The van der Waals surface area contributed by atoms with Gasteiger partial charge in [-0.1, -0.05) is 23.8 Å². The van der Waals surface area contributed by atoms with Gasteiger partial charge in [0, 0.05) is 38.4 Å². The molecule has 2 aromatic rings. The first-order valence-electron chi connectivity index (χ1n) is 9.20. The van der Waals surface area contributed by atoms with Crippen LogP contribution in [0.5, 0.6) is 5.75 Å². The minimum atomic E-state index is -0.357. The number of methoxy groups -OCH3 is 1. The Balaban J connectivity index is 0.00000280. The van der Waals surface area contributed by atoms with Crippen molar-refractivity contribution < 1.29 is 9.13 Å². The van der Waals surface area contributed by atoms with E-state index in [1.165, 1.54) is 24.4 Å². The van der Waals surface area contributed by atoms with Gasteiger partial charge in [0.25, 0.3) is 0 Å². The number of halogens is 2. The minimum absolute atomic E-state index is 0. The molecule has 1 atom stereocenters. The van der Waals surface area contributed by atoms with E-state index in [0.29, 0.717) is 12.6 Å². The highest BCUT2D eigenvalue weighted by Crippen LogP contribution is 2.21. The molecule has 0 bridgehead atoms. The average Bonchev–Trinajstić information content (AvgIpc) is 3.14. The third-order valence-electron chi connectivity index (χ3n) is 4.83. The lowest BCUT2D eigenvalue weighted by molar-refractivity contribution is 0.386. The number of aryl methyl sites for hydroxylation is 1. The van der Waals surface area contributed by atoms with Crippen LogP contribution in [0.3, 0.4) is 0 Å². The zero-order chi connectivity index (χ0) is 19.2. The van der Waals surface area contributed by atoms with Crippen molar-refractivity contribution in [2.24, 2.45) is 4.99 Å². The molecule has 1 fully saturated rings. The van der Waals surface area contributed by atoms with Crippen molar-refractivity contribution in [3.8, 4) is 5.75 Å². The van der Waals surface area contributed by atoms with Gasteiger partial charge < -0.3 is 20.3 Å². The molecular weight excluding hydrogens is 470 g/mol. The molecule has 28 heavy (non-hydrogen) atoms. The molecule has 0 aliphatic carbocycles. The number of nitrogens with one attached hydrogen (secondary N) is 2. The fourth-order valence-electron chi connectivity index (χ4n) is 3.26. The summed E-state index contributed by atoms with van der Waals surface area (Å²) in [6, 6.07) is 13.9. The minimum Gasteiger partial charge on any atom is -0.494 e. The Hall–Kier alpha value is -2.03. The summed E-state index contributed by atoms with van der Waals surface area (Å²) < 4.78 is 18.8. The molecule has 0 amide bonds. The van der Waals surface area contributed by atoms with Gasteiger partial charge in [0.2, 0.25) is 0 Å². The van der Waals surface area contributed by atoms with Crippen LogP contribution >= 0.6 is 24.0 Å². The molecular formula is C21H28FIN4O. The molecule has 7 heteroatoms. The SMILES string of the molecule is CN=C(NCc1ccc(OC)c(F)c1)NC1CCN(c2ccc(C)cc2)C1.I. The molecule has 1 aliphatic heterocycles. The van der Waals surface area contributed by atoms with Crippen LogP contribution in [-0.4, -0.2) is 39.2 Å². The summed E-state index contributed by atoms with van der Waals surface area (Å²) in [5, 5.41) is 6.72. The van der Waals surface area contributed by atoms with E-state index in [9.17, 15) is 4.39 Å². The van der Waals surface area contributed by atoms with Crippen molar-refractivity contribution in [2.45, 2.75) is 25.9 Å². The lowest BCUT2D eigenvalue weighted by Gasteiger charge is -2.20. The summed E-state index contributed by atoms with van der Waals surface area (Å²) in [6.45, 7) is 4.54. The van der Waals surface area contributed by atoms with E-state index in [1.54, 1.807) is 13.1 Å². The van der Waals surface area contributed by atoms with E-state index in [2.05, 4.69) is 51.7 Å². The molecule has 1 heterocycles. The maximum absolute atomic E-state index is 13.8. The lowest BCUT2D eigenvalue weighted by atomic mass is 10.2. The van der Waals surface area contributed by atoms with Gasteiger partial charge in [-0.3, -0.25) is 4.99 Å². The topological polar surface area (TPSA) is 48.9 Å². The van der Waals surface area contributed by atoms with Crippen LogP contribution in [0.2, 0.25) is 0 Å². The number of guanidine groups is 1. The molecule has 0 aromatic heterocycles. The normalized spacial score (nSPS) is 16.5. The molecule has 2 aromatic carbocycles. The maximum Gasteiger partial charge on any atom is 0.191 e. The third-order valence-corrected chi connectivity index (χ3v) is 4.83. The molecule has 152 valence electrons. The van der Waals surface area contributed by atoms with Crippen molar-refractivity contribution >= 4 is 35.6 Å². The van der Waals surface area contributed by atoms with E-state index >= 15 is 0 Å². The number of benzene rings is 2. The number of nitrogens with zero attached hydrogens (tertiary/aromatic N) is 2. The largest absolute Gasteiger partial charge is 0.494 e. The van der Waals surface area contributed by atoms with Crippen molar-refractivity contribution in [3.05, 3.63) is 59.4 Å². The summed E-state index contributed by atoms with van der Waals surface area (Å²) in [5.74, 6) is 0.620. The molecule has 0 saturated carbocycles. The third kappa shape index (κ3) is 5.73. The van der Waals surface area contributed by atoms with E-state index < -0.39 is 0 Å². The molecule has 1 aliphatic rings. The van der Waals surface area contributed by atoms with Crippen LogP contribution in [0.1, 0.15) is 17.5 Å². The fourth-order valence-corrected chi connectivity index (χ4v) is 3.26. The van der Waals surface area contributed by atoms with E-state index in [-0.39, 0.29) is 35.5 Å². The molecule has 3 rings (SSSR count). The molecule has 0 spiro atoms.